The first-order valence-corrected chi connectivity index (χ1v) is 8.61. The zero-order chi connectivity index (χ0) is 15.3. The minimum Gasteiger partial charge on any atom is -0.377 e. The van der Waals surface area contributed by atoms with Gasteiger partial charge in [-0.3, -0.25) is 4.90 Å². The molecule has 0 spiro atoms. The molecule has 1 heterocycles. The maximum absolute atomic E-state index is 5.58. The Kier molecular flexibility index (Phi) is 6.48. The average Bonchev–Trinajstić information content (AvgIpc) is 2.90. The number of ether oxygens (including phenoxy) is 2. The van der Waals surface area contributed by atoms with Crippen molar-refractivity contribution in [2.45, 2.75) is 51.7 Å². The molecule has 2 aliphatic rings. The van der Waals surface area contributed by atoms with Crippen LogP contribution >= 0.6 is 0 Å². The molecule has 1 N–H and O–H groups in total. The molecular weight excluding hydrogens is 264 g/mol. The molecule has 0 radical (unpaired) electrons. The van der Waals surface area contributed by atoms with Crippen LogP contribution in [0, 0.1) is 11.3 Å². The Labute approximate surface area is 130 Å². The predicted octanol–water partition coefficient (Wildman–Crippen LogP) is 2.14. The van der Waals surface area contributed by atoms with Crippen LogP contribution in [0.3, 0.4) is 0 Å². The second kappa shape index (κ2) is 7.91. The van der Waals surface area contributed by atoms with Crippen LogP contribution in [0.4, 0.5) is 0 Å². The van der Waals surface area contributed by atoms with Crippen LogP contribution in [0.2, 0.25) is 0 Å². The number of nitrogens with one attached hydrogen (secondary N) is 1. The molecule has 1 saturated carbocycles. The van der Waals surface area contributed by atoms with Gasteiger partial charge in [0.15, 0.2) is 0 Å². The fraction of sp³-hybridized carbons (Fsp3) is 1.00. The molecular formula is C17H34N2O2. The number of methoxy groups -OCH3 is 2. The molecule has 0 aromatic heterocycles. The van der Waals surface area contributed by atoms with E-state index in [4.69, 9.17) is 9.47 Å². The fourth-order valence-electron chi connectivity index (χ4n) is 4.03. The van der Waals surface area contributed by atoms with E-state index in [0.717, 1.165) is 32.1 Å². The van der Waals surface area contributed by atoms with Crippen molar-refractivity contribution in [3.8, 4) is 0 Å². The molecule has 0 aromatic carbocycles. The minimum atomic E-state index is 0.230. The van der Waals surface area contributed by atoms with E-state index in [1.165, 1.54) is 32.2 Å². The van der Waals surface area contributed by atoms with Gasteiger partial charge in [-0.1, -0.05) is 26.7 Å². The minimum absolute atomic E-state index is 0.230. The van der Waals surface area contributed by atoms with Gasteiger partial charge in [-0.2, -0.15) is 0 Å². The molecule has 2 rings (SSSR count). The zero-order valence-electron chi connectivity index (χ0n) is 14.4. The van der Waals surface area contributed by atoms with Crippen LogP contribution in [0.5, 0.6) is 0 Å². The monoisotopic (exact) mass is 298 g/mol. The highest BCUT2D eigenvalue weighted by molar-refractivity contribution is 4.94. The molecule has 0 aromatic rings. The molecule has 4 heteroatoms. The molecule has 2 unspecified atom stereocenters. The van der Waals surface area contributed by atoms with Crippen molar-refractivity contribution in [3.05, 3.63) is 0 Å². The van der Waals surface area contributed by atoms with Gasteiger partial charge in [0.05, 0.1) is 12.2 Å². The Balaban J connectivity index is 1.95. The summed E-state index contributed by atoms with van der Waals surface area (Å²) >= 11 is 0. The second-order valence-electron chi connectivity index (χ2n) is 7.21. The third kappa shape index (κ3) is 4.41. The first-order chi connectivity index (χ1) is 10.1. The van der Waals surface area contributed by atoms with Gasteiger partial charge in [0.1, 0.15) is 0 Å². The van der Waals surface area contributed by atoms with Crippen LogP contribution in [0.1, 0.15) is 39.5 Å². The molecule has 1 aliphatic carbocycles. The number of hydrogen-bond donors (Lipinski definition) is 1. The van der Waals surface area contributed by atoms with Gasteiger partial charge in [0, 0.05) is 40.4 Å². The number of rotatable bonds is 7. The Morgan fingerprint density at radius 2 is 1.67 bits per heavy atom. The van der Waals surface area contributed by atoms with Crippen molar-refractivity contribution < 1.29 is 9.47 Å². The van der Waals surface area contributed by atoms with E-state index in [0.29, 0.717) is 5.41 Å². The summed E-state index contributed by atoms with van der Waals surface area (Å²) in [6.07, 6.45) is 5.92. The molecule has 2 fully saturated rings. The van der Waals surface area contributed by atoms with Crippen molar-refractivity contribution >= 4 is 0 Å². The van der Waals surface area contributed by atoms with Gasteiger partial charge in [-0.25, -0.2) is 0 Å². The first kappa shape index (κ1) is 17.2. The summed E-state index contributed by atoms with van der Waals surface area (Å²) < 4.78 is 11.2. The topological polar surface area (TPSA) is 33.7 Å². The zero-order valence-corrected chi connectivity index (χ0v) is 14.4. The van der Waals surface area contributed by atoms with Crippen LogP contribution in [0.15, 0.2) is 0 Å². The van der Waals surface area contributed by atoms with E-state index >= 15 is 0 Å². The Bertz CT molecular complexity index is 286. The Morgan fingerprint density at radius 3 is 2.14 bits per heavy atom. The highest BCUT2D eigenvalue weighted by Crippen LogP contribution is 2.39. The smallest absolute Gasteiger partial charge is 0.0971 e. The molecule has 2 atom stereocenters. The summed E-state index contributed by atoms with van der Waals surface area (Å²) in [6.45, 7) is 10.0. The van der Waals surface area contributed by atoms with Gasteiger partial charge < -0.3 is 14.8 Å². The van der Waals surface area contributed by atoms with Crippen LogP contribution in [-0.2, 0) is 9.47 Å². The highest BCUT2D eigenvalue weighted by atomic mass is 16.5. The van der Waals surface area contributed by atoms with E-state index in [1.54, 1.807) is 14.2 Å². The first-order valence-electron chi connectivity index (χ1n) is 8.61. The summed E-state index contributed by atoms with van der Waals surface area (Å²) in [6, 6.07) is 0. The van der Waals surface area contributed by atoms with Crippen molar-refractivity contribution in [1.82, 2.24) is 10.2 Å². The molecule has 1 saturated heterocycles. The van der Waals surface area contributed by atoms with Gasteiger partial charge in [-0.05, 0) is 30.7 Å². The Morgan fingerprint density at radius 1 is 1.10 bits per heavy atom. The normalized spacial score (nSPS) is 38.0. The van der Waals surface area contributed by atoms with Crippen LogP contribution < -0.4 is 5.32 Å². The Hall–Kier alpha value is -0.160. The van der Waals surface area contributed by atoms with Gasteiger partial charge >= 0.3 is 0 Å². The molecule has 0 bridgehead atoms. The van der Waals surface area contributed by atoms with E-state index in [1.807, 2.05) is 0 Å². The summed E-state index contributed by atoms with van der Waals surface area (Å²) in [5, 5.41) is 3.61. The lowest BCUT2D eigenvalue weighted by Gasteiger charge is -2.42. The molecule has 1 aliphatic heterocycles. The lowest BCUT2D eigenvalue weighted by atomic mass is 9.70. The molecule has 0 amide bonds. The largest absolute Gasteiger partial charge is 0.377 e. The number of hydrogen-bond acceptors (Lipinski definition) is 4. The predicted molar refractivity (Wildman–Crippen MR) is 86.6 cm³/mol. The standard InChI is InChI=1S/C17H34N2O2/c1-5-18-12-17(8-6-14(2)7-9-17)13-19-10-15(20-3)16(11-19)21-4/h14-16,18H,5-13H2,1-4H3. The van der Waals surface area contributed by atoms with Crippen LogP contribution in [0.25, 0.3) is 0 Å². The lowest BCUT2D eigenvalue weighted by molar-refractivity contribution is -0.00461. The molecule has 4 nitrogen and oxygen atoms in total. The quantitative estimate of drug-likeness (QED) is 0.781. The van der Waals surface area contributed by atoms with E-state index < -0.39 is 0 Å². The number of likely N-dealkylation sites (tertiary alicyclic amines) is 1. The SMILES string of the molecule is CCNCC1(CN2CC(OC)C(OC)C2)CCC(C)CC1. The average molecular weight is 298 g/mol. The van der Waals surface area contributed by atoms with E-state index in [2.05, 4.69) is 24.1 Å². The van der Waals surface area contributed by atoms with E-state index in [9.17, 15) is 0 Å². The summed E-state index contributed by atoms with van der Waals surface area (Å²) in [5.74, 6) is 0.900. The maximum Gasteiger partial charge on any atom is 0.0971 e. The van der Waals surface area contributed by atoms with Crippen molar-refractivity contribution in [2.24, 2.45) is 11.3 Å². The van der Waals surface area contributed by atoms with Gasteiger partial charge in [0.2, 0.25) is 0 Å². The van der Waals surface area contributed by atoms with Crippen molar-refractivity contribution in [2.75, 3.05) is 46.9 Å². The van der Waals surface area contributed by atoms with E-state index in [-0.39, 0.29) is 12.2 Å². The van der Waals surface area contributed by atoms with Gasteiger partial charge in [-0.15, -0.1) is 0 Å². The summed E-state index contributed by atoms with van der Waals surface area (Å²) in [7, 11) is 3.60. The molecule has 124 valence electrons. The van der Waals surface area contributed by atoms with Gasteiger partial charge in [0.25, 0.3) is 0 Å². The number of nitrogens with zero attached hydrogens (tertiary/aromatic N) is 1. The van der Waals surface area contributed by atoms with Crippen molar-refractivity contribution in [3.63, 3.8) is 0 Å². The summed E-state index contributed by atoms with van der Waals surface area (Å²) in [5.41, 5.74) is 0.448. The third-order valence-corrected chi connectivity index (χ3v) is 5.54. The third-order valence-electron chi connectivity index (χ3n) is 5.54. The highest BCUT2D eigenvalue weighted by Gasteiger charge is 2.40. The molecule has 21 heavy (non-hydrogen) atoms. The van der Waals surface area contributed by atoms with Crippen molar-refractivity contribution in [1.29, 1.82) is 0 Å². The lowest BCUT2D eigenvalue weighted by Crippen LogP contribution is -2.46. The summed E-state index contributed by atoms with van der Waals surface area (Å²) in [4.78, 5) is 2.57. The second-order valence-corrected chi connectivity index (χ2v) is 7.21. The maximum atomic E-state index is 5.58. The fourth-order valence-corrected chi connectivity index (χ4v) is 4.03. The van der Waals surface area contributed by atoms with Crippen LogP contribution in [-0.4, -0.2) is 64.1 Å².